The highest BCUT2D eigenvalue weighted by Crippen LogP contribution is 2.09. The fourth-order valence-electron chi connectivity index (χ4n) is 0.243. The third-order valence-corrected chi connectivity index (χ3v) is 1.55. The number of amides is 1. The number of carbonyl (C=O) groups excluding carboxylic acids is 1. The molecule has 0 aliphatic carbocycles. The topological polar surface area (TPSA) is 144 Å². The van der Waals surface area contributed by atoms with Gasteiger partial charge in [-0.3, -0.25) is 4.79 Å². The van der Waals surface area contributed by atoms with Crippen molar-refractivity contribution in [3.8, 4) is 0 Å². The Kier molecular flexibility index (Phi) is 7.66. The van der Waals surface area contributed by atoms with E-state index in [-0.39, 0.29) is 5.91 Å². The Hall–Kier alpha value is -1.89. The van der Waals surface area contributed by atoms with Crippen LogP contribution in [0.1, 0.15) is 13.8 Å². The van der Waals surface area contributed by atoms with Crippen LogP contribution >= 0.6 is 0 Å². The molecule has 0 atom stereocenters. The molecule has 6 N–H and O–H groups in total. The first-order chi connectivity index (χ1) is 7.13. The molecule has 0 aliphatic heterocycles. The number of carboxylic acid groups (broad SMARTS) is 2. The minimum absolute atomic E-state index is 0.308. The van der Waals surface area contributed by atoms with E-state index in [2.05, 4.69) is 0 Å². The molecular weight excluding hydrogens is 216 g/mol. The van der Waals surface area contributed by atoms with Gasteiger partial charge >= 0.3 is 11.9 Å². The second-order valence-electron chi connectivity index (χ2n) is 3.46. The number of carboxylic acids is 2. The number of nitrogens with two attached hydrogens (primary N) is 2. The summed E-state index contributed by atoms with van der Waals surface area (Å²) in [6, 6.07) is 0. The Morgan fingerprint density at radius 1 is 1.12 bits per heavy atom. The molecule has 0 rings (SSSR count). The summed E-state index contributed by atoms with van der Waals surface area (Å²) in [5, 5.41) is 15.6. The Bertz CT molecular complexity index is 280. The van der Waals surface area contributed by atoms with Crippen molar-refractivity contribution >= 4 is 17.8 Å². The number of hydrogen-bond acceptors (Lipinski definition) is 4. The standard InChI is InChI=1S/C5H12N2O.C4H4O4/c1-5(2,3-6)4(7)8;5-3(6)1-2-4(7)8/h3,6H2,1-2H3,(H2,7,8);1-2H,(H,5,6)(H,7,8). The largest absolute Gasteiger partial charge is 0.478 e. The quantitative estimate of drug-likeness (QED) is 0.465. The van der Waals surface area contributed by atoms with Gasteiger partial charge in [0.2, 0.25) is 5.91 Å². The van der Waals surface area contributed by atoms with Crippen LogP contribution in [0.2, 0.25) is 0 Å². The number of hydrogen-bond donors (Lipinski definition) is 4. The van der Waals surface area contributed by atoms with Gasteiger partial charge in [-0.25, -0.2) is 9.59 Å². The van der Waals surface area contributed by atoms with E-state index in [1.807, 2.05) is 0 Å². The zero-order valence-corrected chi connectivity index (χ0v) is 9.14. The van der Waals surface area contributed by atoms with Gasteiger partial charge in [0, 0.05) is 18.7 Å². The number of primary amides is 1. The van der Waals surface area contributed by atoms with Crippen molar-refractivity contribution in [2.24, 2.45) is 16.9 Å². The van der Waals surface area contributed by atoms with Crippen molar-refractivity contribution in [1.82, 2.24) is 0 Å². The van der Waals surface area contributed by atoms with Crippen LogP contribution in [-0.4, -0.2) is 34.6 Å². The predicted molar refractivity (Wildman–Crippen MR) is 56.4 cm³/mol. The molecule has 1 amide bonds. The molecule has 0 saturated heterocycles. The Balaban J connectivity index is 0. The molecule has 0 aromatic carbocycles. The summed E-state index contributed by atoms with van der Waals surface area (Å²) < 4.78 is 0. The Morgan fingerprint density at radius 2 is 1.44 bits per heavy atom. The molecule has 0 unspecified atom stereocenters. The monoisotopic (exact) mass is 232 g/mol. The summed E-state index contributed by atoms with van der Waals surface area (Å²) >= 11 is 0. The van der Waals surface area contributed by atoms with Crippen molar-refractivity contribution in [2.45, 2.75) is 13.8 Å². The molecule has 0 heterocycles. The molecule has 0 spiro atoms. The van der Waals surface area contributed by atoms with Gasteiger partial charge in [0.1, 0.15) is 0 Å². The maximum atomic E-state index is 10.4. The summed E-state index contributed by atoms with van der Waals surface area (Å²) in [7, 11) is 0. The van der Waals surface area contributed by atoms with E-state index in [0.29, 0.717) is 18.7 Å². The lowest BCUT2D eigenvalue weighted by molar-refractivity contribution is -0.134. The number of aliphatic carboxylic acids is 2. The van der Waals surface area contributed by atoms with Crippen molar-refractivity contribution < 1.29 is 24.6 Å². The molecule has 0 fully saturated rings. The summed E-state index contributed by atoms with van der Waals surface area (Å²) in [6.07, 6.45) is 1.12. The highest BCUT2D eigenvalue weighted by atomic mass is 16.4. The second-order valence-corrected chi connectivity index (χ2v) is 3.46. The van der Waals surface area contributed by atoms with E-state index >= 15 is 0 Å². The lowest BCUT2D eigenvalue weighted by atomic mass is 9.93. The second kappa shape index (κ2) is 7.41. The van der Waals surface area contributed by atoms with Gasteiger partial charge in [-0.1, -0.05) is 0 Å². The van der Waals surface area contributed by atoms with Crippen LogP contribution in [-0.2, 0) is 14.4 Å². The average Bonchev–Trinajstić information content (AvgIpc) is 2.15. The van der Waals surface area contributed by atoms with Crippen LogP contribution in [0.15, 0.2) is 12.2 Å². The molecular formula is C9H16N2O5. The average molecular weight is 232 g/mol. The molecule has 7 heteroatoms. The van der Waals surface area contributed by atoms with E-state index in [1.165, 1.54) is 0 Å². The fraction of sp³-hybridized carbons (Fsp3) is 0.444. The highest BCUT2D eigenvalue weighted by molar-refractivity contribution is 5.89. The zero-order chi connectivity index (χ0) is 13.4. The third kappa shape index (κ3) is 10.2. The van der Waals surface area contributed by atoms with Gasteiger partial charge in [-0.15, -0.1) is 0 Å². The maximum absolute atomic E-state index is 10.4. The first-order valence-corrected chi connectivity index (χ1v) is 4.27. The van der Waals surface area contributed by atoms with Crippen LogP contribution in [0.25, 0.3) is 0 Å². The van der Waals surface area contributed by atoms with Gasteiger partial charge in [0.15, 0.2) is 0 Å². The molecule has 16 heavy (non-hydrogen) atoms. The Labute approximate surface area is 92.7 Å². The lowest BCUT2D eigenvalue weighted by Crippen LogP contribution is -2.37. The Morgan fingerprint density at radius 3 is 1.50 bits per heavy atom. The van der Waals surface area contributed by atoms with Crippen LogP contribution in [0.5, 0.6) is 0 Å². The lowest BCUT2D eigenvalue weighted by Gasteiger charge is -2.16. The predicted octanol–water partition coefficient (Wildman–Crippen LogP) is -0.832. The molecule has 0 radical (unpaired) electrons. The first-order valence-electron chi connectivity index (χ1n) is 4.27. The number of rotatable bonds is 4. The van der Waals surface area contributed by atoms with Crippen LogP contribution in [0.4, 0.5) is 0 Å². The zero-order valence-electron chi connectivity index (χ0n) is 9.14. The smallest absolute Gasteiger partial charge is 0.328 e. The molecule has 0 aromatic heterocycles. The van der Waals surface area contributed by atoms with Gasteiger partial charge < -0.3 is 21.7 Å². The molecule has 7 nitrogen and oxygen atoms in total. The van der Waals surface area contributed by atoms with Crippen molar-refractivity contribution in [2.75, 3.05) is 6.54 Å². The van der Waals surface area contributed by atoms with Crippen molar-refractivity contribution in [3.63, 3.8) is 0 Å². The highest BCUT2D eigenvalue weighted by Gasteiger charge is 2.21. The summed E-state index contributed by atoms with van der Waals surface area (Å²) in [4.78, 5) is 29.5. The normalized spacial score (nSPS) is 10.4. The van der Waals surface area contributed by atoms with E-state index in [0.717, 1.165) is 0 Å². The van der Waals surface area contributed by atoms with E-state index in [4.69, 9.17) is 21.7 Å². The SMILES string of the molecule is CC(C)(CN)C(N)=O.O=C(O)C=CC(=O)O. The minimum atomic E-state index is -1.26. The summed E-state index contributed by atoms with van der Waals surface area (Å²) in [6.45, 7) is 3.74. The molecule has 92 valence electrons. The minimum Gasteiger partial charge on any atom is -0.478 e. The maximum Gasteiger partial charge on any atom is 0.328 e. The molecule has 0 bridgehead atoms. The summed E-state index contributed by atoms with van der Waals surface area (Å²) in [5.41, 5.74) is 9.63. The van der Waals surface area contributed by atoms with Crippen LogP contribution in [0.3, 0.4) is 0 Å². The molecule has 0 aromatic rings. The third-order valence-electron chi connectivity index (χ3n) is 1.55. The number of carbonyl (C=O) groups is 3. The van der Waals surface area contributed by atoms with Crippen molar-refractivity contribution in [1.29, 1.82) is 0 Å². The van der Waals surface area contributed by atoms with E-state index in [9.17, 15) is 14.4 Å². The van der Waals surface area contributed by atoms with Gasteiger partial charge in [-0.05, 0) is 13.8 Å². The first kappa shape index (κ1) is 16.5. The van der Waals surface area contributed by atoms with Crippen molar-refractivity contribution in [3.05, 3.63) is 12.2 Å². The van der Waals surface area contributed by atoms with Crippen LogP contribution in [0, 0.1) is 5.41 Å². The summed E-state index contributed by atoms with van der Waals surface area (Å²) in [5.74, 6) is -2.86. The van der Waals surface area contributed by atoms with Gasteiger partial charge in [0.05, 0.1) is 5.41 Å². The van der Waals surface area contributed by atoms with E-state index < -0.39 is 17.4 Å². The van der Waals surface area contributed by atoms with E-state index in [1.54, 1.807) is 13.8 Å². The molecule has 0 aliphatic rings. The molecule has 0 saturated carbocycles. The van der Waals surface area contributed by atoms with Gasteiger partial charge in [-0.2, -0.15) is 0 Å². The van der Waals surface area contributed by atoms with Gasteiger partial charge in [0.25, 0.3) is 0 Å². The van der Waals surface area contributed by atoms with Crippen LogP contribution < -0.4 is 11.5 Å². The fourth-order valence-corrected chi connectivity index (χ4v) is 0.243.